The Morgan fingerprint density at radius 2 is 0.625 bits per heavy atom. The van der Waals surface area contributed by atoms with Gasteiger partial charge in [0.15, 0.2) is 0 Å². The fourth-order valence-electron chi connectivity index (χ4n) is 10.8. The summed E-state index contributed by atoms with van der Waals surface area (Å²) in [6.45, 7) is 4.89. The van der Waals surface area contributed by atoms with E-state index in [-0.39, 0.29) is 18.5 Å². The molecule has 0 saturated carbocycles. The first-order valence-corrected chi connectivity index (χ1v) is 35.6. The van der Waals surface area contributed by atoms with Crippen molar-refractivity contribution in [1.82, 2.24) is 5.32 Å². The second-order valence-electron chi connectivity index (χ2n) is 24.2. The SMILES string of the molecule is CCCCC/C=C\C/C=C\CCCCCCCC(=O)OCCCCCCCCCCC/C=C\C/C=C\CCCCCCCCCC(=O)NC(CO)C(O)/C=C/CCCCCCCCCCCCCCCCCCCCCCCCC. The van der Waals surface area contributed by atoms with Gasteiger partial charge in [0.05, 0.1) is 25.4 Å². The van der Waals surface area contributed by atoms with Crippen molar-refractivity contribution in [3.8, 4) is 0 Å². The van der Waals surface area contributed by atoms with E-state index in [9.17, 15) is 19.8 Å². The molecule has 0 aromatic carbocycles. The van der Waals surface area contributed by atoms with Gasteiger partial charge >= 0.3 is 5.97 Å². The molecule has 6 nitrogen and oxygen atoms in total. The van der Waals surface area contributed by atoms with Gasteiger partial charge in [0, 0.05) is 12.8 Å². The lowest BCUT2D eigenvalue weighted by Gasteiger charge is -2.20. The number of hydrogen-bond acceptors (Lipinski definition) is 5. The van der Waals surface area contributed by atoms with Crippen LogP contribution in [0.2, 0.25) is 0 Å². The number of unbranched alkanes of at least 4 members (excludes halogenated alkanes) is 47. The summed E-state index contributed by atoms with van der Waals surface area (Å²) in [5.74, 6) is -0.0832. The molecule has 0 rings (SSSR count). The van der Waals surface area contributed by atoms with Crippen molar-refractivity contribution in [2.75, 3.05) is 13.2 Å². The van der Waals surface area contributed by atoms with E-state index in [1.807, 2.05) is 6.08 Å². The van der Waals surface area contributed by atoms with E-state index in [2.05, 4.69) is 67.8 Å². The molecular formula is C74H137NO5. The molecule has 3 N–H and O–H groups in total. The number of carbonyl (C=O) groups excluding carboxylic acids is 2. The summed E-state index contributed by atoms with van der Waals surface area (Å²) < 4.78 is 5.48. The molecule has 6 heteroatoms. The van der Waals surface area contributed by atoms with Crippen molar-refractivity contribution in [2.24, 2.45) is 0 Å². The molecule has 0 saturated heterocycles. The molecule has 80 heavy (non-hydrogen) atoms. The van der Waals surface area contributed by atoms with Crippen LogP contribution in [0.1, 0.15) is 373 Å². The van der Waals surface area contributed by atoms with Gasteiger partial charge in [-0.2, -0.15) is 0 Å². The maximum atomic E-state index is 12.5. The molecule has 0 aliphatic heterocycles. The van der Waals surface area contributed by atoms with Crippen LogP contribution in [-0.4, -0.2) is 47.4 Å². The zero-order valence-corrected chi connectivity index (χ0v) is 53.6. The third-order valence-corrected chi connectivity index (χ3v) is 16.3. The number of amides is 1. The molecule has 0 bridgehead atoms. The zero-order chi connectivity index (χ0) is 57.8. The Hall–Kier alpha value is -2.44. The van der Waals surface area contributed by atoms with Gasteiger partial charge in [-0.25, -0.2) is 0 Å². The number of rotatable bonds is 66. The molecule has 0 spiro atoms. The minimum atomic E-state index is -0.854. The summed E-state index contributed by atoms with van der Waals surface area (Å²) in [5, 5.41) is 23.3. The summed E-state index contributed by atoms with van der Waals surface area (Å²) in [6, 6.07) is -0.639. The largest absolute Gasteiger partial charge is 0.466 e. The lowest BCUT2D eigenvalue weighted by molar-refractivity contribution is -0.143. The molecule has 0 aliphatic carbocycles. The topological polar surface area (TPSA) is 95.9 Å². The van der Waals surface area contributed by atoms with Crippen molar-refractivity contribution < 1.29 is 24.5 Å². The van der Waals surface area contributed by atoms with Crippen molar-refractivity contribution >= 4 is 11.9 Å². The molecule has 0 aliphatic rings. The van der Waals surface area contributed by atoms with Crippen LogP contribution in [0.25, 0.3) is 0 Å². The maximum Gasteiger partial charge on any atom is 0.305 e. The average Bonchev–Trinajstić information content (AvgIpc) is 3.46. The lowest BCUT2D eigenvalue weighted by atomic mass is 10.0. The van der Waals surface area contributed by atoms with E-state index in [1.165, 1.54) is 276 Å². The number of aliphatic hydroxyl groups is 2. The van der Waals surface area contributed by atoms with Gasteiger partial charge in [0.1, 0.15) is 0 Å². The van der Waals surface area contributed by atoms with Crippen LogP contribution in [0.4, 0.5) is 0 Å². The molecule has 0 fully saturated rings. The maximum absolute atomic E-state index is 12.5. The Kier molecular flexibility index (Phi) is 66.9. The number of ether oxygens (including phenoxy) is 1. The summed E-state index contributed by atoms with van der Waals surface area (Å²) >= 11 is 0. The molecule has 2 atom stereocenters. The predicted molar refractivity (Wildman–Crippen MR) is 352 cm³/mol. The lowest BCUT2D eigenvalue weighted by Crippen LogP contribution is -2.45. The number of hydrogen-bond donors (Lipinski definition) is 3. The summed E-state index contributed by atoms with van der Waals surface area (Å²) in [5.41, 5.74) is 0. The van der Waals surface area contributed by atoms with Gasteiger partial charge in [0.25, 0.3) is 0 Å². The molecule has 0 aromatic heterocycles. The number of carbonyl (C=O) groups is 2. The minimum absolute atomic E-state index is 0.00751. The quantitative estimate of drug-likeness (QED) is 0.0320. The molecule has 2 unspecified atom stereocenters. The molecule has 1 amide bonds. The van der Waals surface area contributed by atoms with E-state index < -0.39 is 12.1 Å². The standard InChI is InChI=1S/C74H137NO5/c1-3-5-7-9-11-13-15-17-19-20-21-22-23-24-26-29-32-35-39-42-46-50-54-58-62-66-72(77)71(70-76)75-73(78)67-63-59-55-51-47-43-40-36-33-30-27-25-28-31-34-37-41-45-49-53-57-61-65-69-80-74(79)68-64-60-56-52-48-44-38-18-16-14-12-10-8-6-4-2/h12,14,18,25,28,30,33,38,62,66,71-72,76-77H,3-11,13,15-17,19-24,26-27,29,31-32,34-37,39-61,63-65,67-70H2,1-2H3,(H,75,78)/b14-12-,28-25-,33-30-,38-18-,66-62+. The van der Waals surface area contributed by atoms with E-state index in [0.29, 0.717) is 19.4 Å². The highest BCUT2D eigenvalue weighted by atomic mass is 16.5. The molecule has 0 aromatic rings. The highest BCUT2D eigenvalue weighted by molar-refractivity contribution is 5.76. The third kappa shape index (κ3) is 64.7. The second kappa shape index (κ2) is 69.1. The van der Waals surface area contributed by atoms with Gasteiger partial charge in [-0.3, -0.25) is 9.59 Å². The van der Waals surface area contributed by atoms with Crippen LogP contribution in [0.5, 0.6) is 0 Å². The van der Waals surface area contributed by atoms with E-state index >= 15 is 0 Å². The first kappa shape index (κ1) is 77.6. The van der Waals surface area contributed by atoms with Crippen LogP contribution in [0.15, 0.2) is 60.8 Å². The molecular weight excluding hydrogens is 983 g/mol. The Bertz CT molecular complexity index is 1380. The number of esters is 1. The normalized spacial score (nSPS) is 12.9. The van der Waals surface area contributed by atoms with E-state index in [4.69, 9.17) is 4.74 Å². The Morgan fingerprint density at radius 3 is 0.975 bits per heavy atom. The highest BCUT2D eigenvalue weighted by Gasteiger charge is 2.18. The van der Waals surface area contributed by atoms with Gasteiger partial charge in [0.2, 0.25) is 5.91 Å². The summed E-state index contributed by atoms with van der Waals surface area (Å²) in [7, 11) is 0. The van der Waals surface area contributed by atoms with Crippen molar-refractivity contribution in [2.45, 2.75) is 386 Å². The second-order valence-corrected chi connectivity index (χ2v) is 24.2. The third-order valence-electron chi connectivity index (χ3n) is 16.3. The molecule has 0 radical (unpaired) electrons. The van der Waals surface area contributed by atoms with Crippen molar-refractivity contribution in [3.63, 3.8) is 0 Å². The van der Waals surface area contributed by atoms with Crippen LogP contribution >= 0.6 is 0 Å². The fourth-order valence-corrected chi connectivity index (χ4v) is 10.8. The Morgan fingerprint density at radius 1 is 0.350 bits per heavy atom. The van der Waals surface area contributed by atoms with Crippen LogP contribution in [0, 0.1) is 0 Å². The van der Waals surface area contributed by atoms with Gasteiger partial charge in [-0.15, -0.1) is 0 Å². The smallest absolute Gasteiger partial charge is 0.305 e. The number of allylic oxidation sites excluding steroid dienone is 9. The van der Waals surface area contributed by atoms with Crippen molar-refractivity contribution in [3.05, 3.63) is 60.8 Å². The number of nitrogens with one attached hydrogen (secondary N) is 1. The predicted octanol–water partition coefficient (Wildman–Crippen LogP) is 23.0. The van der Waals surface area contributed by atoms with Gasteiger partial charge in [-0.05, 0) is 96.3 Å². The Balaban J connectivity index is 3.48. The zero-order valence-electron chi connectivity index (χ0n) is 53.6. The van der Waals surface area contributed by atoms with Crippen LogP contribution < -0.4 is 5.32 Å². The monoisotopic (exact) mass is 1120 g/mol. The minimum Gasteiger partial charge on any atom is -0.466 e. The van der Waals surface area contributed by atoms with Gasteiger partial charge < -0.3 is 20.3 Å². The number of aliphatic hydroxyl groups excluding tert-OH is 2. The van der Waals surface area contributed by atoms with Crippen LogP contribution in [0.3, 0.4) is 0 Å². The van der Waals surface area contributed by atoms with Crippen molar-refractivity contribution in [1.29, 1.82) is 0 Å². The molecule has 0 heterocycles. The van der Waals surface area contributed by atoms with Crippen LogP contribution in [-0.2, 0) is 14.3 Å². The first-order valence-electron chi connectivity index (χ1n) is 35.6. The summed E-state index contributed by atoms with van der Waals surface area (Å²) in [4.78, 5) is 24.6. The van der Waals surface area contributed by atoms with Gasteiger partial charge in [-0.1, -0.05) is 325 Å². The average molecular weight is 1120 g/mol. The summed E-state index contributed by atoms with van der Waals surface area (Å²) in [6.07, 6.45) is 91.5. The van der Waals surface area contributed by atoms with E-state index in [0.717, 1.165) is 70.6 Å². The molecule has 468 valence electrons. The fraction of sp³-hybridized carbons (Fsp3) is 0.838. The van der Waals surface area contributed by atoms with E-state index in [1.54, 1.807) is 6.08 Å². The Labute approximate surface area is 499 Å². The first-order chi connectivity index (χ1) is 39.5. The highest BCUT2D eigenvalue weighted by Crippen LogP contribution is 2.18.